The van der Waals surface area contributed by atoms with Gasteiger partial charge in [0, 0.05) is 18.6 Å². The maximum atomic E-state index is 11.7. The molecule has 1 N–H and O–H groups in total. The third-order valence-corrected chi connectivity index (χ3v) is 3.36. The molecule has 1 unspecified atom stereocenters. The number of hydrogen-bond acceptors (Lipinski definition) is 3. The van der Waals surface area contributed by atoms with Gasteiger partial charge < -0.3 is 9.84 Å². The van der Waals surface area contributed by atoms with Crippen LogP contribution in [-0.4, -0.2) is 24.5 Å². The van der Waals surface area contributed by atoms with Crippen LogP contribution in [-0.2, 0) is 4.74 Å². The molecule has 0 saturated heterocycles. The van der Waals surface area contributed by atoms with Crippen molar-refractivity contribution >= 4 is 34.5 Å². The first-order valence-electron chi connectivity index (χ1n) is 4.57. The zero-order chi connectivity index (χ0) is 13.1. The molecule has 0 aliphatic rings. The molecule has 0 aromatic carbocycles. The molecule has 98 valence electrons. The average Bonchev–Trinajstić information content (AvgIpc) is 2.51. The summed E-state index contributed by atoms with van der Waals surface area (Å²) in [6.07, 6.45) is -5.29. The van der Waals surface area contributed by atoms with E-state index in [1.54, 1.807) is 0 Å². The van der Waals surface area contributed by atoms with Crippen molar-refractivity contribution in [1.29, 1.82) is 0 Å². The highest BCUT2D eigenvalue weighted by Crippen LogP contribution is 2.35. The summed E-state index contributed by atoms with van der Waals surface area (Å²) in [5.41, 5.74) is 0.414. The molecule has 0 saturated carbocycles. The molecular weight excluding hydrogens is 300 g/mol. The smallest absolute Gasteiger partial charge is 0.388 e. The molecule has 0 bridgehead atoms. The number of halogens is 5. The van der Waals surface area contributed by atoms with Crippen LogP contribution >= 0.6 is 34.5 Å². The summed E-state index contributed by atoms with van der Waals surface area (Å²) in [4.78, 5) is 0. The molecule has 0 fully saturated rings. The average molecular weight is 309 g/mol. The lowest BCUT2D eigenvalue weighted by molar-refractivity contribution is -0.175. The lowest BCUT2D eigenvalue weighted by atomic mass is 10.1. The number of rotatable bonds is 5. The largest absolute Gasteiger partial charge is 0.411 e. The van der Waals surface area contributed by atoms with Gasteiger partial charge in [0.1, 0.15) is 10.9 Å². The monoisotopic (exact) mass is 308 g/mol. The van der Waals surface area contributed by atoms with Crippen molar-refractivity contribution < 1.29 is 23.0 Å². The van der Waals surface area contributed by atoms with E-state index in [0.29, 0.717) is 14.2 Å². The Bertz CT molecular complexity index is 368. The van der Waals surface area contributed by atoms with Gasteiger partial charge >= 0.3 is 6.18 Å². The Hall–Kier alpha value is -0.0100. The van der Waals surface area contributed by atoms with Crippen LogP contribution in [0.5, 0.6) is 0 Å². The maximum Gasteiger partial charge on any atom is 0.411 e. The predicted molar refractivity (Wildman–Crippen MR) is 60.8 cm³/mol. The first-order chi connectivity index (χ1) is 7.79. The van der Waals surface area contributed by atoms with Crippen molar-refractivity contribution in [1.82, 2.24) is 0 Å². The van der Waals surface area contributed by atoms with Crippen LogP contribution in [0.1, 0.15) is 18.1 Å². The summed E-state index contributed by atoms with van der Waals surface area (Å²) in [5, 5.41) is 9.65. The zero-order valence-corrected chi connectivity index (χ0v) is 10.8. The molecule has 0 amide bonds. The van der Waals surface area contributed by atoms with E-state index in [1.165, 1.54) is 6.07 Å². The molecule has 8 heteroatoms. The van der Waals surface area contributed by atoms with Crippen LogP contribution in [0.15, 0.2) is 6.07 Å². The van der Waals surface area contributed by atoms with Gasteiger partial charge in [-0.25, -0.2) is 0 Å². The second-order valence-corrected chi connectivity index (χ2v) is 5.54. The van der Waals surface area contributed by atoms with Gasteiger partial charge in [0.05, 0.1) is 10.4 Å². The van der Waals surface area contributed by atoms with E-state index in [0.717, 1.165) is 11.3 Å². The summed E-state index contributed by atoms with van der Waals surface area (Å²) < 4.78 is 40.4. The number of alkyl halides is 3. The number of ether oxygens (including phenoxy) is 1. The molecule has 1 aromatic heterocycles. The Kier molecular flexibility index (Phi) is 5.53. The Morgan fingerprint density at radius 3 is 2.53 bits per heavy atom. The van der Waals surface area contributed by atoms with Crippen LogP contribution in [0.25, 0.3) is 0 Å². The van der Waals surface area contributed by atoms with Crippen LogP contribution in [0.2, 0.25) is 8.67 Å². The number of thiophene rings is 1. The summed E-state index contributed by atoms with van der Waals surface area (Å²) in [5.74, 6) is 0. The molecule has 1 rings (SSSR count). The van der Waals surface area contributed by atoms with Gasteiger partial charge in [-0.3, -0.25) is 0 Å². The van der Waals surface area contributed by atoms with Gasteiger partial charge in [-0.05, 0) is 6.07 Å². The van der Waals surface area contributed by atoms with E-state index >= 15 is 0 Å². The topological polar surface area (TPSA) is 29.5 Å². The van der Waals surface area contributed by atoms with Crippen molar-refractivity contribution in [2.24, 2.45) is 0 Å². The van der Waals surface area contributed by atoms with Crippen molar-refractivity contribution in [2.45, 2.75) is 18.7 Å². The van der Waals surface area contributed by atoms with Crippen LogP contribution in [0, 0.1) is 0 Å². The van der Waals surface area contributed by atoms with Crippen LogP contribution in [0.3, 0.4) is 0 Å². The minimum absolute atomic E-state index is 0.0306. The van der Waals surface area contributed by atoms with Crippen molar-refractivity contribution in [3.63, 3.8) is 0 Å². The van der Waals surface area contributed by atoms with Gasteiger partial charge in [-0.1, -0.05) is 23.2 Å². The molecule has 1 heterocycles. The lowest BCUT2D eigenvalue weighted by Crippen LogP contribution is -2.18. The Morgan fingerprint density at radius 1 is 1.41 bits per heavy atom. The Balaban J connectivity index is 2.35. The number of aliphatic hydroxyl groups is 1. The van der Waals surface area contributed by atoms with Crippen LogP contribution in [0.4, 0.5) is 13.2 Å². The normalized spacial score (nSPS) is 14.0. The zero-order valence-electron chi connectivity index (χ0n) is 8.43. The lowest BCUT2D eigenvalue weighted by Gasteiger charge is -2.11. The molecule has 0 aliphatic heterocycles. The Labute approximate surface area is 110 Å². The summed E-state index contributed by atoms with van der Waals surface area (Å²) >= 11 is 12.5. The quantitative estimate of drug-likeness (QED) is 0.831. The van der Waals surface area contributed by atoms with Gasteiger partial charge in [-0.15, -0.1) is 11.3 Å². The maximum absolute atomic E-state index is 11.7. The molecule has 2 nitrogen and oxygen atoms in total. The fourth-order valence-electron chi connectivity index (χ4n) is 1.12. The summed E-state index contributed by atoms with van der Waals surface area (Å²) in [6.45, 7) is -1.53. The summed E-state index contributed by atoms with van der Waals surface area (Å²) in [6, 6.07) is 1.49. The minimum atomic E-state index is -4.35. The van der Waals surface area contributed by atoms with E-state index < -0.39 is 18.9 Å². The van der Waals surface area contributed by atoms with Gasteiger partial charge in [-0.2, -0.15) is 13.2 Å². The third-order valence-electron chi connectivity index (χ3n) is 1.84. The second kappa shape index (κ2) is 6.24. The highest BCUT2D eigenvalue weighted by Gasteiger charge is 2.27. The second-order valence-electron chi connectivity index (χ2n) is 3.25. The third kappa shape index (κ3) is 5.44. The molecular formula is C9H9Cl2F3O2S. The molecule has 0 radical (unpaired) electrons. The van der Waals surface area contributed by atoms with E-state index in [1.807, 2.05) is 0 Å². The molecule has 0 aliphatic carbocycles. The van der Waals surface area contributed by atoms with Gasteiger partial charge in [0.25, 0.3) is 0 Å². The molecule has 1 atom stereocenters. The molecule has 0 spiro atoms. The SMILES string of the molecule is OC(CCOCC(F)(F)F)c1cc(Cl)sc1Cl. The first-order valence-corrected chi connectivity index (χ1v) is 6.14. The predicted octanol–water partition coefficient (Wildman–Crippen LogP) is 4.06. The fraction of sp³-hybridized carbons (Fsp3) is 0.556. The van der Waals surface area contributed by atoms with Crippen LogP contribution < -0.4 is 0 Å². The molecule has 1 aromatic rings. The number of aliphatic hydroxyl groups excluding tert-OH is 1. The first kappa shape index (κ1) is 15.0. The fourth-order valence-corrected chi connectivity index (χ4v) is 2.69. The Morgan fingerprint density at radius 2 is 2.06 bits per heavy atom. The van der Waals surface area contributed by atoms with Gasteiger partial charge in [0.2, 0.25) is 0 Å². The van der Waals surface area contributed by atoms with Crippen molar-refractivity contribution in [2.75, 3.05) is 13.2 Å². The number of hydrogen-bond donors (Lipinski definition) is 1. The van der Waals surface area contributed by atoms with E-state index in [2.05, 4.69) is 4.74 Å². The van der Waals surface area contributed by atoms with E-state index in [-0.39, 0.29) is 13.0 Å². The van der Waals surface area contributed by atoms with Crippen molar-refractivity contribution in [3.05, 3.63) is 20.3 Å². The highest BCUT2D eigenvalue weighted by atomic mass is 35.5. The van der Waals surface area contributed by atoms with E-state index in [9.17, 15) is 18.3 Å². The van der Waals surface area contributed by atoms with E-state index in [4.69, 9.17) is 23.2 Å². The summed E-state index contributed by atoms with van der Waals surface area (Å²) in [7, 11) is 0. The van der Waals surface area contributed by atoms with Gasteiger partial charge in [0.15, 0.2) is 0 Å². The van der Waals surface area contributed by atoms with Crippen molar-refractivity contribution in [3.8, 4) is 0 Å². The highest BCUT2D eigenvalue weighted by molar-refractivity contribution is 7.20. The standard InChI is InChI=1S/C9H9Cl2F3O2S/c10-7-3-5(8(11)17-7)6(15)1-2-16-4-9(12,13)14/h3,6,15H,1-2,4H2. The molecule has 17 heavy (non-hydrogen) atoms. The minimum Gasteiger partial charge on any atom is -0.388 e.